The third kappa shape index (κ3) is 2.27. The normalized spacial score (nSPS) is 32.1. The van der Waals surface area contributed by atoms with Crippen molar-refractivity contribution in [1.82, 2.24) is 10.0 Å². The molecule has 2 heteroatoms. The zero-order chi connectivity index (χ0) is 14.5. The van der Waals surface area contributed by atoms with E-state index in [4.69, 9.17) is 0 Å². The van der Waals surface area contributed by atoms with Crippen LogP contribution in [0, 0.1) is 5.41 Å². The smallest absolute Gasteiger partial charge is 0.0670 e. The van der Waals surface area contributed by atoms with Gasteiger partial charge in [-0.1, -0.05) is 39.0 Å². The zero-order valence-electron chi connectivity index (χ0n) is 13.2. The van der Waals surface area contributed by atoms with Gasteiger partial charge in [-0.15, -0.1) is 13.2 Å². The molecular formula is C17H30N2. The molecule has 0 aliphatic carbocycles. The van der Waals surface area contributed by atoms with E-state index in [1.807, 2.05) is 0 Å². The average Bonchev–Trinajstić information content (AvgIpc) is 2.60. The van der Waals surface area contributed by atoms with E-state index in [9.17, 15) is 0 Å². The Bertz CT molecular complexity index is 347. The molecule has 2 atom stereocenters. The van der Waals surface area contributed by atoms with Crippen LogP contribution in [0.25, 0.3) is 0 Å². The Morgan fingerprint density at radius 3 is 2.11 bits per heavy atom. The molecule has 0 radical (unpaired) electrons. The van der Waals surface area contributed by atoms with Gasteiger partial charge in [0.15, 0.2) is 0 Å². The molecule has 19 heavy (non-hydrogen) atoms. The van der Waals surface area contributed by atoms with Crippen molar-refractivity contribution in [2.45, 2.75) is 52.5 Å². The monoisotopic (exact) mass is 262 g/mol. The van der Waals surface area contributed by atoms with Crippen molar-refractivity contribution in [2.75, 3.05) is 13.1 Å². The highest BCUT2D eigenvalue weighted by Gasteiger charge is 2.50. The second-order valence-electron chi connectivity index (χ2n) is 5.26. The highest BCUT2D eigenvalue weighted by molar-refractivity contribution is 5.22. The summed E-state index contributed by atoms with van der Waals surface area (Å²) < 4.78 is 0. The van der Waals surface area contributed by atoms with Crippen molar-refractivity contribution in [1.29, 1.82) is 0 Å². The molecule has 2 nitrogen and oxygen atoms in total. The highest BCUT2D eigenvalue weighted by atomic mass is 15.6. The lowest BCUT2D eigenvalue weighted by Gasteiger charge is -2.54. The van der Waals surface area contributed by atoms with Crippen molar-refractivity contribution in [3.05, 3.63) is 37.6 Å². The number of hydrogen-bond acceptors (Lipinski definition) is 2. The molecule has 0 amide bonds. The van der Waals surface area contributed by atoms with Crippen LogP contribution < -0.4 is 0 Å². The van der Waals surface area contributed by atoms with Gasteiger partial charge in [-0.25, -0.2) is 5.01 Å². The summed E-state index contributed by atoms with van der Waals surface area (Å²) in [6.07, 6.45) is 12.0. The topological polar surface area (TPSA) is 6.48 Å². The molecule has 0 aromatic carbocycles. The summed E-state index contributed by atoms with van der Waals surface area (Å²) in [5.74, 6) is 0. The van der Waals surface area contributed by atoms with Crippen LogP contribution >= 0.6 is 0 Å². The zero-order valence-corrected chi connectivity index (χ0v) is 13.2. The van der Waals surface area contributed by atoms with E-state index in [-0.39, 0.29) is 11.0 Å². The molecule has 0 spiro atoms. The first-order valence-corrected chi connectivity index (χ1v) is 7.59. The summed E-state index contributed by atoms with van der Waals surface area (Å²) in [6, 6.07) is 0. The van der Waals surface area contributed by atoms with E-state index in [2.05, 4.69) is 75.3 Å². The molecule has 1 aliphatic rings. The predicted molar refractivity (Wildman–Crippen MR) is 84.7 cm³/mol. The molecule has 0 saturated heterocycles. The Morgan fingerprint density at radius 2 is 1.74 bits per heavy atom. The number of allylic oxidation sites excluding steroid dienone is 1. The van der Waals surface area contributed by atoms with Gasteiger partial charge in [-0.3, -0.25) is 0 Å². The van der Waals surface area contributed by atoms with E-state index in [1.54, 1.807) is 0 Å². The van der Waals surface area contributed by atoms with Crippen LogP contribution in [0.15, 0.2) is 37.6 Å². The number of hydrazine groups is 1. The van der Waals surface area contributed by atoms with Crippen molar-refractivity contribution < 1.29 is 0 Å². The molecule has 0 bridgehead atoms. The maximum absolute atomic E-state index is 4.18. The maximum Gasteiger partial charge on any atom is 0.0670 e. The Labute approximate surface area is 119 Å². The molecule has 0 saturated carbocycles. The molecular weight excluding hydrogens is 232 g/mol. The fourth-order valence-corrected chi connectivity index (χ4v) is 3.71. The molecule has 0 N–H and O–H groups in total. The molecule has 0 aromatic heterocycles. The first-order chi connectivity index (χ1) is 9.11. The predicted octanol–water partition coefficient (Wildman–Crippen LogP) is 4.38. The van der Waals surface area contributed by atoms with Gasteiger partial charge in [0.2, 0.25) is 0 Å². The summed E-state index contributed by atoms with van der Waals surface area (Å²) in [6.45, 7) is 19.2. The molecule has 2 unspecified atom stereocenters. The first-order valence-electron chi connectivity index (χ1n) is 7.59. The molecule has 0 aromatic rings. The van der Waals surface area contributed by atoms with Crippen LogP contribution in [0.3, 0.4) is 0 Å². The van der Waals surface area contributed by atoms with Gasteiger partial charge in [0.1, 0.15) is 0 Å². The van der Waals surface area contributed by atoms with Crippen LogP contribution in [-0.4, -0.2) is 28.6 Å². The van der Waals surface area contributed by atoms with Crippen LogP contribution in [0.1, 0.15) is 47.0 Å². The molecule has 108 valence electrons. The summed E-state index contributed by atoms with van der Waals surface area (Å²) in [4.78, 5) is 0. The number of rotatable bonds is 6. The largest absolute Gasteiger partial charge is 0.313 e. The fraction of sp³-hybridized carbons (Fsp3) is 0.647. The van der Waals surface area contributed by atoms with Crippen molar-refractivity contribution in [3.8, 4) is 0 Å². The first kappa shape index (κ1) is 16.0. The second-order valence-corrected chi connectivity index (χ2v) is 5.26. The Kier molecular flexibility index (Phi) is 5.42. The van der Waals surface area contributed by atoms with Gasteiger partial charge in [0.05, 0.1) is 5.54 Å². The van der Waals surface area contributed by atoms with Crippen molar-refractivity contribution in [3.63, 3.8) is 0 Å². The van der Waals surface area contributed by atoms with E-state index >= 15 is 0 Å². The lowest BCUT2D eigenvalue weighted by Crippen LogP contribution is -2.61. The Hall–Kier alpha value is -1.02. The van der Waals surface area contributed by atoms with E-state index < -0.39 is 0 Å². The third-order valence-corrected chi connectivity index (χ3v) is 4.91. The van der Waals surface area contributed by atoms with Gasteiger partial charge in [-0.2, -0.15) is 0 Å². The minimum atomic E-state index is -0.0578. The van der Waals surface area contributed by atoms with Crippen LogP contribution in [0.2, 0.25) is 0 Å². The van der Waals surface area contributed by atoms with Crippen LogP contribution in [0.5, 0.6) is 0 Å². The molecule has 1 rings (SSSR count). The highest BCUT2D eigenvalue weighted by Crippen LogP contribution is 2.48. The van der Waals surface area contributed by atoms with E-state index in [0.717, 1.165) is 32.4 Å². The van der Waals surface area contributed by atoms with Gasteiger partial charge in [0, 0.05) is 24.7 Å². The quantitative estimate of drug-likeness (QED) is 0.655. The summed E-state index contributed by atoms with van der Waals surface area (Å²) in [5.41, 5.74) is -0.00229. The number of hydrogen-bond donors (Lipinski definition) is 0. The minimum absolute atomic E-state index is 0.0555. The van der Waals surface area contributed by atoms with Gasteiger partial charge in [0.25, 0.3) is 0 Å². The van der Waals surface area contributed by atoms with Crippen LogP contribution in [0.4, 0.5) is 0 Å². The third-order valence-electron chi connectivity index (χ3n) is 4.91. The standard InChI is InChI=1S/C17H30N2/c1-7-16(8-2)14-13-15-18(11-5)19(12-6)17(16,9-3)10-4/h7,9,13,15H,1,3,8,10-12,14H2,2,4-6H3. The Balaban J connectivity index is 3.46. The maximum atomic E-state index is 4.18. The lowest BCUT2D eigenvalue weighted by atomic mass is 9.64. The van der Waals surface area contributed by atoms with Gasteiger partial charge in [-0.05, 0) is 26.2 Å². The SMILES string of the molecule is C=CC1(CC)CC=CN(CC)N(CC)C1(C=C)CC. The van der Waals surface area contributed by atoms with E-state index in [1.165, 1.54) is 0 Å². The number of likely N-dealkylation sites (N-methyl/N-ethyl adjacent to an activating group) is 1. The fourth-order valence-electron chi connectivity index (χ4n) is 3.71. The minimum Gasteiger partial charge on any atom is -0.313 e. The van der Waals surface area contributed by atoms with Gasteiger partial charge < -0.3 is 5.01 Å². The lowest BCUT2D eigenvalue weighted by molar-refractivity contribution is -0.0938. The Morgan fingerprint density at radius 1 is 1.05 bits per heavy atom. The summed E-state index contributed by atoms with van der Waals surface area (Å²) in [7, 11) is 0. The molecule has 0 fully saturated rings. The average molecular weight is 262 g/mol. The second kappa shape index (κ2) is 6.42. The van der Waals surface area contributed by atoms with Crippen molar-refractivity contribution >= 4 is 0 Å². The van der Waals surface area contributed by atoms with Crippen LogP contribution in [-0.2, 0) is 0 Å². The van der Waals surface area contributed by atoms with Crippen molar-refractivity contribution in [2.24, 2.45) is 5.41 Å². The molecule has 1 heterocycles. The van der Waals surface area contributed by atoms with Gasteiger partial charge >= 0.3 is 0 Å². The summed E-state index contributed by atoms with van der Waals surface area (Å²) in [5, 5.41) is 4.79. The van der Waals surface area contributed by atoms with E-state index in [0.29, 0.717) is 0 Å². The number of nitrogens with zero attached hydrogens (tertiary/aromatic N) is 2. The molecule has 1 aliphatic heterocycles. The summed E-state index contributed by atoms with van der Waals surface area (Å²) >= 11 is 0.